The summed E-state index contributed by atoms with van der Waals surface area (Å²) in [6, 6.07) is 6.53. The van der Waals surface area contributed by atoms with Gasteiger partial charge >= 0.3 is 0 Å². The molecule has 1 heterocycles. The van der Waals surface area contributed by atoms with Gasteiger partial charge in [0.25, 0.3) is 0 Å². The number of nitrogens with one attached hydrogen (secondary N) is 1. The van der Waals surface area contributed by atoms with E-state index in [9.17, 15) is 8.78 Å². The highest BCUT2D eigenvalue weighted by molar-refractivity contribution is 5.65. The maximum atomic E-state index is 13.9. The van der Waals surface area contributed by atoms with Crippen LogP contribution < -0.4 is 16.2 Å². The van der Waals surface area contributed by atoms with Crippen molar-refractivity contribution in [3.63, 3.8) is 0 Å². The highest BCUT2D eigenvalue weighted by Crippen LogP contribution is 2.29. The van der Waals surface area contributed by atoms with Crippen molar-refractivity contribution < 1.29 is 8.78 Å². The summed E-state index contributed by atoms with van der Waals surface area (Å²) in [6.45, 7) is 3.90. The minimum Gasteiger partial charge on any atom is -0.327 e. The molecule has 0 aliphatic heterocycles. The third kappa shape index (κ3) is 2.55. The molecule has 6 heteroatoms. The molecular weight excluding hydrogens is 262 g/mol. The number of hydrogen-bond donors (Lipinski definition) is 2. The molecule has 0 saturated carbocycles. The summed E-state index contributed by atoms with van der Waals surface area (Å²) in [6.07, 6.45) is 0. The van der Waals surface area contributed by atoms with Crippen molar-refractivity contribution in [2.45, 2.75) is 13.8 Å². The van der Waals surface area contributed by atoms with Gasteiger partial charge in [-0.15, -0.1) is 0 Å². The van der Waals surface area contributed by atoms with E-state index < -0.39 is 11.6 Å². The SMILES string of the molecule is Cc1ccc(N(C)c2nc(NN)c(F)cc2F)c(C)c1. The Hall–Kier alpha value is -2.21. The maximum absolute atomic E-state index is 13.9. The fourth-order valence-electron chi connectivity index (χ4n) is 2.09. The molecule has 2 aromatic rings. The number of hydrazine groups is 1. The van der Waals surface area contributed by atoms with Gasteiger partial charge in [0.05, 0.1) is 0 Å². The molecule has 0 saturated heterocycles. The van der Waals surface area contributed by atoms with Crippen molar-refractivity contribution in [1.82, 2.24) is 4.98 Å². The molecule has 0 spiro atoms. The molecule has 0 radical (unpaired) electrons. The van der Waals surface area contributed by atoms with Gasteiger partial charge in [0.15, 0.2) is 23.3 Å². The molecule has 2 rings (SSSR count). The number of pyridine rings is 1. The molecule has 4 nitrogen and oxygen atoms in total. The van der Waals surface area contributed by atoms with Crippen LogP contribution in [0.4, 0.5) is 26.1 Å². The predicted molar refractivity (Wildman–Crippen MR) is 75.9 cm³/mol. The minimum absolute atomic E-state index is 0.00584. The minimum atomic E-state index is -0.831. The topological polar surface area (TPSA) is 54.2 Å². The van der Waals surface area contributed by atoms with E-state index >= 15 is 0 Å². The molecule has 0 fully saturated rings. The van der Waals surface area contributed by atoms with E-state index in [4.69, 9.17) is 5.84 Å². The van der Waals surface area contributed by atoms with Gasteiger partial charge in [-0.1, -0.05) is 17.7 Å². The zero-order valence-electron chi connectivity index (χ0n) is 11.5. The van der Waals surface area contributed by atoms with Gasteiger partial charge in [0.1, 0.15) is 0 Å². The van der Waals surface area contributed by atoms with Crippen molar-refractivity contribution >= 4 is 17.3 Å². The lowest BCUT2D eigenvalue weighted by Crippen LogP contribution is -2.18. The number of nitrogens with two attached hydrogens (primary N) is 1. The number of nitrogens with zero attached hydrogens (tertiary/aromatic N) is 2. The largest absolute Gasteiger partial charge is 0.327 e. The van der Waals surface area contributed by atoms with Gasteiger partial charge in [-0.05, 0) is 25.5 Å². The van der Waals surface area contributed by atoms with Crippen LogP contribution in [0, 0.1) is 25.5 Å². The number of anilines is 3. The van der Waals surface area contributed by atoms with Crippen LogP contribution in [0.3, 0.4) is 0 Å². The van der Waals surface area contributed by atoms with Crippen LogP contribution in [0.15, 0.2) is 24.3 Å². The van der Waals surface area contributed by atoms with Crippen LogP contribution in [0.25, 0.3) is 0 Å². The van der Waals surface area contributed by atoms with Gasteiger partial charge in [0, 0.05) is 18.8 Å². The number of aryl methyl sites for hydroxylation is 2. The Morgan fingerprint density at radius 2 is 1.85 bits per heavy atom. The van der Waals surface area contributed by atoms with E-state index in [1.54, 1.807) is 11.9 Å². The van der Waals surface area contributed by atoms with Gasteiger partial charge in [-0.2, -0.15) is 0 Å². The monoisotopic (exact) mass is 278 g/mol. The molecule has 1 aromatic heterocycles. The first kappa shape index (κ1) is 14.2. The average molecular weight is 278 g/mol. The summed E-state index contributed by atoms with van der Waals surface area (Å²) in [5, 5.41) is 0. The van der Waals surface area contributed by atoms with Gasteiger partial charge in [-0.25, -0.2) is 19.6 Å². The normalized spacial score (nSPS) is 10.5. The second-order valence-electron chi connectivity index (χ2n) is 4.62. The fourth-order valence-corrected chi connectivity index (χ4v) is 2.09. The van der Waals surface area contributed by atoms with E-state index in [1.165, 1.54) is 0 Å². The average Bonchev–Trinajstić information content (AvgIpc) is 2.38. The predicted octanol–water partition coefficient (Wildman–Crippen LogP) is 3.03. The van der Waals surface area contributed by atoms with Gasteiger partial charge in [0.2, 0.25) is 0 Å². The Bertz CT molecular complexity index is 643. The first-order valence-electron chi connectivity index (χ1n) is 6.07. The molecule has 1 aromatic carbocycles. The number of nitrogen functional groups attached to an aromatic ring is 1. The van der Waals surface area contributed by atoms with Crippen molar-refractivity contribution in [2.24, 2.45) is 5.84 Å². The Morgan fingerprint density at radius 3 is 2.45 bits per heavy atom. The van der Waals surface area contributed by atoms with E-state index in [0.717, 1.165) is 22.9 Å². The van der Waals surface area contributed by atoms with Crippen molar-refractivity contribution in [3.05, 3.63) is 47.0 Å². The van der Waals surface area contributed by atoms with E-state index in [0.29, 0.717) is 0 Å². The zero-order valence-corrected chi connectivity index (χ0v) is 11.5. The Morgan fingerprint density at radius 1 is 1.15 bits per heavy atom. The number of rotatable bonds is 3. The van der Waals surface area contributed by atoms with Crippen LogP contribution in [0.2, 0.25) is 0 Å². The zero-order chi connectivity index (χ0) is 14.9. The highest BCUT2D eigenvalue weighted by Gasteiger charge is 2.17. The van der Waals surface area contributed by atoms with Crippen LogP contribution in [-0.2, 0) is 0 Å². The molecule has 0 unspecified atom stereocenters. The maximum Gasteiger partial charge on any atom is 0.178 e. The van der Waals surface area contributed by atoms with Crippen LogP contribution >= 0.6 is 0 Å². The van der Waals surface area contributed by atoms with Gasteiger partial charge < -0.3 is 10.3 Å². The highest BCUT2D eigenvalue weighted by atomic mass is 19.1. The molecule has 3 N–H and O–H groups in total. The summed E-state index contributed by atoms with van der Waals surface area (Å²) < 4.78 is 27.3. The second-order valence-corrected chi connectivity index (χ2v) is 4.62. The third-order valence-electron chi connectivity index (χ3n) is 3.08. The first-order chi connectivity index (χ1) is 9.43. The molecule has 0 aliphatic carbocycles. The summed E-state index contributed by atoms with van der Waals surface area (Å²) in [4.78, 5) is 5.43. The summed E-state index contributed by atoms with van der Waals surface area (Å²) in [5.41, 5.74) is 4.98. The number of aromatic nitrogens is 1. The molecule has 0 amide bonds. The Kier molecular flexibility index (Phi) is 3.85. The van der Waals surface area contributed by atoms with Crippen molar-refractivity contribution in [2.75, 3.05) is 17.4 Å². The smallest absolute Gasteiger partial charge is 0.178 e. The lowest BCUT2D eigenvalue weighted by molar-refractivity contribution is 0.576. The summed E-state index contributed by atoms with van der Waals surface area (Å²) >= 11 is 0. The number of benzene rings is 1. The second kappa shape index (κ2) is 5.42. The van der Waals surface area contributed by atoms with Crippen molar-refractivity contribution in [3.8, 4) is 0 Å². The quantitative estimate of drug-likeness (QED) is 0.669. The van der Waals surface area contributed by atoms with Crippen LogP contribution in [-0.4, -0.2) is 12.0 Å². The van der Waals surface area contributed by atoms with E-state index in [-0.39, 0.29) is 11.6 Å². The standard InChI is InChI=1S/C14H16F2N4/c1-8-4-5-12(9(2)6-8)20(3)14-11(16)7-10(15)13(18-14)19-17/h4-7H,17H2,1-3H3,(H,18,19). The molecular formula is C14H16F2N4. The van der Waals surface area contributed by atoms with Crippen LogP contribution in [0.5, 0.6) is 0 Å². The lowest BCUT2D eigenvalue weighted by Gasteiger charge is -2.22. The Labute approximate surface area is 116 Å². The van der Waals surface area contributed by atoms with Crippen molar-refractivity contribution in [1.29, 1.82) is 0 Å². The number of hydrogen-bond acceptors (Lipinski definition) is 4. The van der Waals surface area contributed by atoms with Gasteiger partial charge in [-0.3, -0.25) is 0 Å². The fraction of sp³-hybridized carbons (Fsp3) is 0.214. The van der Waals surface area contributed by atoms with Crippen LogP contribution in [0.1, 0.15) is 11.1 Å². The first-order valence-corrected chi connectivity index (χ1v) is 6.07. The van der Waals surface area contributed by atoms with E-state index in [2.05, 4.69) is 10.4 Å². The lowest BCUT2D eigenvalue weighted by atomic mass is 10.1. The Balaban J connectivity index is 2.50. The summed E-state index contributed by atoms with van der Waals surface area (Å²) in [5.74, 6) is 3.40. The molecule has 0 aliphatic rings. The summed E-state index contributed by atoms with van der Waals surface area (Å²) in [7, 11) is 1.67. The molecule has 20 heavy (non-hydrogen) atoms. The molecule has 0 bridgehead atoms. The van der Waals surface area contributed by atoms with E-state index in [1.807, 2.05) is 32.0 Å². The number of halogens is 2. The third-order valence-corrected chi connectivity index (χ3v) is 3.08. The molecule has 106 valence electrons. The molecule has 0 atom stereocenters.